The van der Waals surface area contributed by atoms with Crippen molar-refractivity contribution in [2.45, 2.75) is 19.3 Å². The number of nitrogens with zero attached hydrogens (tertiary/aromatic N) is 1. The number of carbonyl (C=O) groups excluding carboxylic acids is 1. The Morgan fingerprint density at radius 1 is 1.38 bits per heavy atom. The minimum atomic E-state index is -0.910. The number of hydrogen-bond acceptors (Lipinski definition) is 3. The third-order valence-corrected chi connectivity index (χ3v) is 2.02. The number of amides is 1. The van der Waals surface area contributed by atoms with Gasteiger partial charge >= 0.3 is 5.97 Å². The molecule has 0 bridgehead atoms. The van der Waals surface area contributed by atoms with Crippen LogP contribution in [0.5, 0.6) is 0 Å². The van der Waals surface area contributed by atoms with E-state index in [2.05, 4.69) is 10.3 Å². The van der Waals surface area contributed by atoms with Gasteiger partial charge in [-0.05, 0) is 18.1 Å². The van der Waals surface area contributed by atoms with Crippen molar-refractivity contribution in [1.29, 1.82) is 0 Å². The molecule has 0 aromatic carbocycles. The normalized spacial score (nSPS) is 9.75. The van der Waals surface area contributed by atoms with Crippen molar-refractivity contribution in [2.24, 2.45) is 0 Å². The van der Waals surface area contributed by atoms with Crippen molar-refractivity contribution in [2.75, 3.05) is 6.54 Å². The summed E-state index contributed by atoms with van der Waals surface area (Å²) in [5.74, 6) is -1.04. The lowest BCUT2D eigenvalue weighted by molar-refractivity contribution is -0.136. The van der Waals surface area contributed by atoms with Crippen LogP contribution in [0.4, 0.5) is 0 Å². The molecule has 0 fully saturated rings. The summed E-state index contributed by atoms with van der Waals surface area (Å²) in [6.45, 7) is 0.182. The first-order valence-corrected chi connectivity index (χ1v) is 5.06. The molecule has 0 saturated heterocycles. The molecular formula is C11H14N2O3. The van der Waals surface area contributed by atoms with Gasteiger partial charge in [-0.1, -0.05) is 6.07 Å². The molecule has 0 aliphatic rings. The predicted molar refractivity (Wildman–Crippen MR) is 57.8 cm³/mol. The van der Waals surface area contributed by atoms with Gasteiger partial charge in [-0.2, -0.15) is 0 Å². The first kappa shape index (κ1) is 12.2. The molecule has 0 atom stereocenters. The monoisotopic (exact) mass is 222 g/mol. The van der Waals surface area contributed by atoms with Crippen LogP contribution in [-0.2, 0) is 16.0 Å². The smallest absolute Gasteiger partial charge is 0.305 e. The molecule has 1 aromatic rings. The highest BCUT2D eigenvalue weighted by Crippen LogP contribution is 1.99. The molecule has 0 spiro atoms. The van der Waals surface area contributed by atoms with Crippen LogP contribution < -0.4 is 5.32 Å². The van der Waals surface area contributed by atoms with Gasteiger partial charge < -0.3 is 10.4 Å². The Kier molecular flexibility index (Phi) is 4.98. The number of aliphatic carboxylic acids is 1. The SMILES string of the molecule is O=C(O)CCNC(=O)CCc1cccnc1. The molecule has 2 N–H and O–H groups in total. The van der Waals surface area contributed by atoms with E-state index in [0.717, 1.165) is 5.56 Å². The lowest BCUT2D eigenvalue weighted by Gasteiger charge is -2.03. The number of nitrogens with one attached hydrogen (secondary N) is 1. The predicted octanol–water partition coefficient (Wildman–Crippen LogP) is 0.605. The molecule has 0 saturated carbocycles. The van der Waals surface area contributed by atoms with E-state index in [1.165, 1.54) is 0 Å². The Bertz CT molecular complexity index is 352. The zero-order valence-electron chi connectivity index (χ0n) is 8.85. The average Bonchev–Trinajstić information content (AvgIpc) is 2.27. The zero-order chi connectivity index (χ0) is 11.8. The van der Waals surface area contributed by atoms with E-state index in [9.17, 15) is 9.59 Å². The standard InChI is InChI=1S/C11H14N2O3/c14-10(13-7-5-11(15)16)4-3-9-2-1-6-12-8-9/h1-2,6,8H,3-5,7H2,(H,13,14)(H,15,16). The number of carboxylic acid groups (broad SMARTS) is 1. The molecule has 0 unspecified atom stereocenters. The van der Waals surface area contributed by atoms with E-state index in [-0.39, 0.29) is 18.9 Å². The highest BCUT2D eigenvalue weighted by atomic mass is 16.4. The van der Waals surface area contributed by atoms with Crippen LogP contribution in [0.25, 0.3) is 0 Å². The number of hydrogen-bond donors (Lipinski definition) is 2. The minimum absolute atomic E-state index is 0.0430. The van der Waals surface area contributed by atoms with E-state index < -0.39 is 5.97 Å². The molecule has 1 amide bonds. The van der Waals surface area contributed by atoms with Gasteiger partial charge in [0.05, 0.1) is 6.42 Å². The second kappa shape index (κ2) is 6.55. The van der Waals surface area contributed by atoms with Crippen molar-refractivity contribution in [1.82, 2.24) is 10.3 Å². The third kappa shape index (κ3) is 5.09. The van der Waals surface area contributed by atoms with Crippen LogP contribution in [0.2, 0.25) is 0 Å². The van der Waals surface area contributed by atoms with Gasteiger partial charge in [-0.25, -0.2) is 0 Å². The molecule has 0 radical (unpaired) electrons. The fourth-order valence-corrected chi connectivity index (χ4v) is 1.20. The number of carboxylic acids is 1. The topological polar surface area (TPSA) is 79.3 Å². The Morgan fingerprint density at radius 2 is 2.19 bits per heavy atom. The van der Waals surface area contributed by atoms with Gasteiger partial charge in [-0.15, -0.1) is 0 Å². The van der Waals surface area contributed by atoms with Gasteiger partial charge in [0, 0.05) is 25.4 Å². The van der Waals surface area contributed by atoms with Gasteiger partial charge in [0.15, 0.2) is 0 Å². The van der Waals surface area contributed by atoms with Crippen molar-refractivity contribution >= 4 is 11.9 Å². The second-order valence-electron chi connectivity index (χ2n) is 3.35. The molecule has 0 aliphatic heterocycles. The molecule has 86 valence electrons. The van der Waals surface area contributed by atoms with Gasteiger partial charge in [0.1, 0.15) is 0 Å². The molecule has 1 aromatic heterocycles. The van der Waals surface area contributed by atoms with Gasteiger partial charge in [0.25, 0.3) is 0 Å². The molecule has 5 nitrogen and oxygen atoms in total. The zero-order valence-corrected chi connectivity index (χ0v) is 8.85. The van der Waals surface area contributed by atoms with Crippen molar-refractivity contribution < 1.29 is 14.7 Å². The third-order valence-electron chi connectivity index (χ3n) is 2.02. The Morgan fingerprint density at radius 3 is 2.81 bits per heavy atom. The van der Waals surface area contributed by atoms with Crippen LogP contribution in [-0.4, -0.2) is 28.5 Å². The highest BCUT2D eigenvalue weighted by Gasteiger charge is 2.03. The van der Waals surface area contributed by atoms with E-state index >= 15 is 0 Å². The fourth-order valence-electron chi connectivity index (χ4n) is 1.20. The van der Waals surface area contributed by atoms with Crippen LogP contribution in [0.3, 0.4) is 0 Å². The van der Waals surface area contributed by atoms with E-state index in [4.69, 9.17) is 5.11 Å². The van der Waals surface area contributed by atoms with Crippen LogP contribution in [0, 0.1) is 0 Å². The van der Waals surface area contributed by atoms with E-state index in [1.807, 2.05) is 12.1 Å². The van der Waals surface area contributed by atoms with Gasteiger partial charge in [-0.3, -0.25) is 14.6 Å². The molecule has 16 heavy (non-hydrogen) atoms. The van der Waals surface area contributed by atoms with Crippen molar-refractivity contribution in [3.63, 3.8) is 0 Å². The molecule has 1 rings (SSSR count). The number of aryl methyl sites for hydroxylation is 1. The number of rotatable bonds is 6. The van der Waals surface area contributed by atoms with Crippen LogP contribution in [0.15, 0.2) is 24.5 Å². The Labute approximate surface area is 93.5 Å². The maximum Gasteiger partial charge on any atom is 0.305 e. The average molecular weight is 222 g/mol. The summed E-state index contributed by atoms with van der Waals surface area (Å²) in [5.41, 5.74) is 0.996. The number of aromatic nitrogens is 1. The first-order chi connectivity index (χ1) is 7.68. The lowest BCUT2D eigenvalue weighted by atomic mass is 10.1. The van der Waals surface area contributed by atoms with E-state index in [1.54, 1.807) is 12.4 Å². The minimum Gasteiger partial charge on any atom is -0.481 e. The fraction of sp³-hybridized carbons (Fsp3) is 0.364. The summed E-state index contributed by atoms with van der Waals surface area (Å²) >= 11 is 0. The second-order valence-corrected chi connectivity index (χ2v) is 3.35. The summed E-state index contributed by atoms with van der Waals surface area (Å²) in [4.78, 5) is 25.4. The van der Waals surface area contributed by atoms with E-state index in [0.29, 0.717) is 12.8 Å². The molecule has 5 heteroatoms. The summed E-state index contributed by atoms with van der Waals surface area (Å²) in [6, 6.07) is 3.72. The Hall–Kier alpha value is -1.91. The van der Waals surface area contributed by atoms with Gasteiger partial charge in [0.2, 0.25) is 5.91 Å². The number of pyridine rings is 1. The number of carbonyl (C=O) groups is 2. The maximum absolute atomic E-state index is 11.3. The molecular weight excluding hydrogens is 208 g/mol. The largest absolute Gasteiger partial charge is 0.481 e. The summed E-state index contributed by atoms with van der Waals surface area (Å²) in [6.07, 6.45) is 4.32. The Balaban J connectivity index is 2.18. The summed E-state index contributed by atoms with van der Waals surface area (Å²) in [5, 5.41) is 10.9. The molecule has 0 aliphatic carbocycles. The lowest BCUT2D eigenvalue weighted by Crippen LogP contribution is -2.26. The van der Waals surface area contributed by atoms with Crippen LogP contribution in [0.1, 0.15) is 18.4 Å². The van der Waals surface area contributed by atoms with Crippen LogP contribution >= 0.6 is 0 Å². The first-order valence-electron chi connectivity index (χ1n) is 5.06. The maximum atomic E-state index is 11.3. The quantitative estimate of drug-likeness (QED) is 0.739. The summed E-state index contributed by atoms with van der Waals surface area (Å²) < 4.78 is 0. The summed E-state index contributed by atoms with van der Waals surface area (Å²) in [7, 11) is 0. The highest BCUT2D eigenvalue weighted by molar-refractivity contribution is 5.76. The molecule has 1 heterocycles. The van der Waals surface area contributed by atoms with Crippen molar-refractivity contribution in [3.8, 4) is 0 Å². The van der Waals surface area contributed by atoms with Crippen molar-refractivity contribution in [3.05, 3.63) is 30.1 Å².